The van der Waals surface area contributed by atoms with Gasteiger partial charge in [0.05, 0.1) is 6.42 Å². The van der Waals surface area contributed by atoms with Crippen LogP contribution in [0.25, 0.3) is 0 Å². The van der Waals surface area contributed by atoms with Gasteiger partial charge in [-0.25, -0.2) is 0 Å². The molecule has 0 unspecified atom stereocenters. The highest BCUT2D eigenvalue weighted by Gasteiger charge is 2.07. The molecule has 0 aliphatic heterocycles. The number of amides is 2. The fraction of sp³-hybridized carbons (Fsp3) is 0.333. The minimum Gasteiger partial charge on any atom is -0.354 e. The summed E-state index contributed by atoms with van der Waals surface area (Å²) < 4.78 is 0. The highest BCUT2D eigenvalue weighted by Crippen LogP contribution is 2.14. The lowest BCUT2D eigenvalue weighted by Gasteiger charge is -2.08. The van der Waals surface area contributed by atoms with Crippen molar-refractivity contribution >= 4 is 23.2 Å². The number of thiophene rings is 1. The molecular weight excluding hydrogens is 308 g/mol. The molecule has 2 amide bonds. The molecule has 2 N–H and O–H groups in total. The fourth-order valence-corrected chi connectivity index (χ4v) is 2.84. The molecule has 4 nitrogen and oxygen atoms in total. The van der Waals surface area contributed by atoms with Crippen molar-refractivity contribution in [1.82, 2.24) is 10.6 Å². The first kappa shape index (κ1) is 17.2. The van der Waals surface area contributed by atoms with Gasteiger partial charge in [-0.2, -0.15) is 0 Å². The summed E-state index contributed by atoms with van der Waals surface area (Å²) in [7, 11) is 0. The maximum absolute atomic E-state index is 12.0. The number of nitrogens with one attached hydrogen (secondary N) is 2. The molecule has 23 heavy (non-hydrogen) atoms. The molecular formula is C18H22N2O2S. The number of benzene rings is 1. The van der Waals surface area contributed by atoms with Crippen LogP contribution < -0.4 is 10.6 Å². The van der Waals surface area contributed by atoms with Crippen LogP contribution in [0.1, 0.15) is 40.6 Å². The lowest BCUT2D eigenvalue weighted by Crippen LogP contribution is -2.35. The Bertz CT molecular complexity index is 634. The highest BCUT2D eigenvalue weighted by molar-refractivity contribution is 7.10. The van der Waals surface area contributed by atoms with Crippen molar-refractivity contribution in [2.24, 2.45) is 0 Å². The Balaban J connectivity index is 1.69. The number of carbonyl (C=O) groups excluding carboxylic acids is 2. The molecule has 1 heterocycles. The molecule has 0 bridgehead atoms. The monoisotopic (exact) mass is 330 g/mol. The van der Waals surface area contributed by atoms with Crippen molar-refractivity contribution in [3.05, 3.63) is 57.8 Å². The van der Waals surface area contributed by atoms with Crippen LogP contribution in [0.3, 0.4) is 0 Å². The van der Waals surface area contributed by atoms with Crippen molar-refractivity contribution in [2.45, 2.75) is 26.2 Å². The van der Waals surface area contributed by atoms with Gasteiger partial charge in [-0.05, 0) is 35.1 Å². The van der Waals surface area contributed by atoms with Crippen LogP contribution in [0.5, 0.6) is 0 Å². The molecule has 0 radical (unpaired) electrons. The lowest BCUT2D eigenvalue weighted by atomic mass is 10.0. The maximum Gasteiger partial charge on any atom is 0.251 e. The SMILES string of the molecule is CC(C)c1ccc(C(=O)NCCNC(=O)Cc2cccs2)cc1. The van der Waals surface area contributed by atoms with E-state index in [0.717, 1.165) is 4.88 Å². The van der Waals surface area contributed by atoms with Crippen molar-refractivity contribution < 1.29 is 9.59 Å². The average Bonchev–Trinajstić information content (AvgIpc) is 3.04. The molecule has 0 saturated carbocycles. The summed E-state index contributed by atoms with van der Waals surface area (Å²) in [5, 5.41) is 7.57. The lowest BCUT2D eigenvalue weighted by molar-refractivity contribution is -0.120. The van der Waals surface area contributed by atoms with E-state index in [9.17, 15) is 9.59 Å². The normalized spacial score (nSPS) is 10.6. The largest absolute Gasteiger partial charge is 0.354 e. The zero-order valence-electron chi connectivity index (χ0n) is 13.5. The molecule has 1 aromatic carbocycles. The molecule has 1 aromatic heterocycles. The van der Waals surface area contributed by atoms with Gasteiger partial charge >= 0.3 is 0 Å². The Morgan fingerprint density at radius 1 is 1.04 bits per heavy atom. The second-order valence-corrected chi connectivity index (χ2v) is 6.67. The third-order valence-electron chi connectivity index (χ3n) is 3.49. The zero-order chi connectivity index (χ0) is 16.7. The van der Waals surface area contributed by atoms with Crippen molar-refractivity contribution in [3.8, 4) is 0 Å². The average molecular weight is 330 g/mol. The topological polar surface area (TPSA) is 58.2 Å². The molecule has 5 heteroatoms. The van der Waals surface area contributed by atoms with E-state index in [-0.39, 0.29) is 11.8 Å². The van der Waals surface area contributed by atoms with Crippen molar-refractivity contribution in [2.75, 3.05) is 13.1 Å². The van der Waals surface area contributed by atoms with E-state index in [4.69, 9.17) is 0 Å². The van der Waals surface area contributed by atoms with Gasteiger partial charge in [0.25, 0.3) is 5.91 Å². The van der Waals surface area contributed by atoms with Gasteiger partial charge in [-0.1, -0.05) is 32.0 Å². The number of rotatable bonds is 7. The molecule has 0 saturated heterocycles. The van der Waals surface area contributed by atoms with Crippen LogP contribution >= 0.6 is 11.3 Å². The van der Waals surface area contributed by atoms with Crippen LogP contribution in [0.2, 0.25) is 0 Å². The Hall–Kier alpha value is -2.14. The van der Waals surface area contributed by atoms with E-state index in [1.54, 1.807) is 11.3 Å². The minimum absolute atomic E-state index is 0.0250. The minimum atomic E-state index is -0.118. The summed E-state index contributed by atoms with van der Waals surface area (Å²) in [6, 6.07) is 11.5. The summed E-state index contributed by atoms with van der Waals surface area (Å²) >= 11 is 1.57. The number of carbonyl (C=O) groups is 2. The van der Waals surface area contributed by atoms with E-state index < -0.39 is 0 Å². The summed E-state index contributed by atoms with van der Waals surface area (Å²) in [4.78, 5) is 24.8. The Kier molecular flexibility index (Phi) is 6.35. The van der Waals surface area contributed by atoms with E-state index in [2.05, 4.69) is 24.5 Å². The van der Waals surface area contributed by atoms with E-state index >= 15 is 0 Å². The first-order valence-corrected chi connectivity index (χ1v) is 8.61. The Labute approximate surface area is 140 Å². The zero-order valence-corrected chi connectivity index (χ0v) is 14.3. The van der Waals surface area contributed by atoms with E-state index in [1.165, 1.54) is 5.56 Å². The predicted molar refractivity (Wildman–Crippen MR) is 93.9 cm³/mol. The maximum atomic E-state index is 12.0. The Morgan fingerprint density at radius 3 is 2.35 bits per heavy atom. The number of hydrogen-bond acceptors (Lipinski definition) is 3. The van der Waals surface area contributed by atoms with Crippen LogP contribution in [-0.2, 0) is 11.2 Å². The first-order valence-electron chi connectivity index (χ1n) is 7.73. The van der Waals surface area contributed by atoms with Crippen LogP contribution in [0.15, 0.2) is 41.8 Å². The first-order chi connectivity index (χ1) is 11.1. The highest BCUT2D eigenvalue weighted by atomic mass is 32.1. The second-order valence-electron chi connectivity index (χ2n) is 5.64. The van der Waals surface area contributed by atoms with Gasteiger partial charge in [0.15, 0.2) is 0 Å². The fourth-order valence-electron chi connectivity index (χ4n) is 2.13. The molecule has 0 atom stereocenters. The van der Waals surface area contributed by atoms with Gasteiger partial charge in [0.1, 0.15) is 0 Å². The molecule has 0 spiro atoms. The molecule has 0 fully saturated rings. The van der Waals surface area contributed by atoms with E-state index in [1.807, 2.05) is 41.8 Å². The quantitative estimate of drug-likeness (QED) is 0.767. The summed E-state index contributed by atoms with van der Waals surface area (Å²) in [5.74, 6) is 0.307. The van der Waals surface area contributed by atoms with Crippen LogP contribution in [0.4, 0.5) is 0 Å². The third-order valence-corrected chi connectivity index (χ3v) is 4.36. The van der Waals surface area contributed by atoms with Crippen LogP contribution in [-0.4, -0.2) is 24.9 Å². The molecule has 0 aliphatic rings. The molecule has 122 valence electrons. The second kappa shape index (κ2) is 8.48. The molecule has 2 rings (SSSR count). The number of hydrogen-bond donors (Lipinski definition) is 2. The van der Waals surface area contributed by atoms with Gasteiger partial charge in [-0.15, -0.1) is 11.3 Å². The Morgan fingerprint density at radius 2 is 1.74 bits per heavy atom. The molecule has 2 aromatic rings. The third kappa shape index (κ3) is 5.53. The molecule has 0 aliphatic carbocycles. The summed E-state index contributed by atoms with van der Waals surface area (Å²) in [6.07, 6.45) is 0.391. The van der Waals surface area contributed by atoms with Gasteiger partial charge in [-0.3, -0.25) is 9.59 Å². The van der Waals surface area contributed by atoms with E-state index in [0.29, 0.717) is 31.0 Å². The van der Waals surface area contributed by atoms with Crippen LogP contribution in [0, 0.1) is 0 Å². The standard InChI is InChI=1S/C18H22N2O2S/c1-13(2)14-5-7-15(8-6-14)18(22)20-10-9-19-17(21)12-16-4-3-11-23-16/h3-8,11,13H,9-10,12H2,1-2H3,(H,19,21)(H,20,22). The van der Waals surface area contributed by atoms with Crippen molar-refractivity contribution in [3.63, 3.8) is 0 Å². The summed E-state index contributed by atoms with van der Waals surface area (Å²) in [6.45, 7) is 5.09. The predicted octanol–water partition coefficient (Wildman–Crippen LogP) is 2.96. The van der Waals surface area contributed by atoms with Gasteiger partial charge in [0.2, 0.25) is 5.91 Å². The van der Waals surface area contributed by atoms with Gasteiger partial charge < -0.3 is 10.6 Å². The smallest absolute Gasteiger partial charge is 0.251 e. The summed E-state index contributed by atoms with van der Waals surface area (Å²) in [5.41, 5.74) is 1.85. The van der Waals surface area contributed by atoms with Crippen molar-refractivity contribution in [1.29, 1.82) is 0 Å². The van der Waals surface area contributed by atoms with Gasteiger partial charge in [0, 0.05) is 23.5 Å².